The van der Waals surface area contributed by atoms with Gasteiger partial charge in [-0.2, -0.15) is 0 Å². The number of thiazole rings is 1. The van der Waals surface area contributed by atoms with Crippen molar-refractivity contribution in [3.63, 3.8) is 0 Å². The smallest absolute Gasteiger partial charge is 0.183 e. The molecule has 1 aliphatic rings. The van der Waals surface area contributed by atoms with E-state index in [-0.39, 0.29) is 0 Å². The van der Waals surface area contributed by atoms with Crippen molar-refractivity contribution in [3.05, 3.63) is 47.0 Å². The first-order chi connectivity index (χ1) is 7.43. The molecule has 0 saturated carbocycles. The summed E-state index contributed by atoms with van der Waals surface area (Å²) in [6, 6.07) is 9.12. The molecule has 2 nitrogen and oxygen atoms in total. The number of anilines is 1. The molecule has 0 aliphatic heterocycles. The predicted molar refractivity (Wildman–Crippen MR) is 63.2 cm³/mol. The molecule has 76 valence electrons. The van der Waals surface area contributed by atoms with Gasteiger partial charge in [0.15, 0.2) is 5.13 Å². The SMILES string of the molecule is c1ccc2c(c1)CCC2Nc1nccs1. The van der Waals surface area contributed by atoms with E-state index in [1.165, 1.54) is 24.0 Å². The number of hydrogen-bond donors (Lipinski definition) is 1. The Labute approximate surface area is 93.0 Å². The van der Waals surface area contributed by atoms with Crippen LogP contribution in [0.15, 0.2) is 35.8 Å². The predicted octanol–water partition coefficient (Wildman–Crippen LogP) is 3.24. The van der Waals surface area contributed by atoms with E-state index in [9.17, 15) is 0 Å². The van der Waals surface area contributed by atoms with Gasteiger partial charge in [0.25, 0.3) is 0 Å². The second-order valence-corrected chi connectivity index (χ2v) is 4.67. The van der Waals surface area contributed by atoms with Crippen molar-refractivity contribution >= 4 is 16.5 Å². The lowest BCUT2D eigenvalue weighted by molar-refractivity contribution is 0.761. The molecule has 1 unspecified atom stereocenters. The van der Waals surface area contributed by atoms with E-state index in [4.69, 9.17) is 0 Å². The maximum absolute atomic E-state index is 4.26. The first-order valence-electron chi connectivity index (χ1n) is 5.17. The molecule has 1 heterocycles. The summed E-state index contributed by atoms with van der Waals surface area (Å²) in [6.07, 6.45) is 4.20. The number of fused-ring (bicyclic) bond motifs is 1. The molecule has 0 bridgehead atoms. The Morgan fingerprint density at radius 3 is 3.13 bits per heavy atom. The van der Waals surface area contributed by atoms with Crippen molar-refractivity contribution in [3.8, 4) is 0 Å². The number of rotatable bonds is 2. The summed E-state index contributed by atoms with van der Waals surface area (Å²) in [7, 11) is 0. The van der Waals surface area contributed by atoms with E-state index in [1.54, 1.807) is 11.3 Å². The highest BCUT2D eigenvalue weighted by Gasteiger charge is 2.21. The van der Waals surface area contributed by atoms with Crippen molar-refractivity contribution in [1.82, 2.24) is 4.98 Å². The Hall–Kier alpha value is -1.35. The van der Waals surface area contributed by atoms with Crippen LogP contribution in [0.2, 0.25) is 0 Å². The molecule has 3 heteroatoms. The molecule has 1 aromatic heterocycles. The molecule has 0 spiro atoms. The molecular formula is C12H12N2S. The summed E-state index contributed by atoms with van der Waals surface area (Å²) in [5, 5.41) is 6.51. The van der Waals surface area contributed by atoms with E-state index in [2.05, 4.69) is 34.6 Å². The van der Waals surface area contributed by atoms with E-state index in [0.29, 0.717) is 6.04 Å². The molecule has 3 rings (SSSR count). The van der Waals surface area contributed by atoms with Crippen LogP contribution in [-0.2, 0) is 6.42 Å². The topological polar surface area (TPSA) is 24.9 Å². The van der Waals surface area contributed by atoms with Crippen LogP contribution in [0.5, 0.6) is 0 Å². The standard InChI is InChI=1S/C12H12N2S/c1-2-4-10-9(3-1)5-6-11(10)14-12-13-7-8-15-12/h1-4,7-8,11H,5-6H2,(H,13,14). The number of nitrogens with zero attached hydrogens (tertiary/aromatic N) is 1. The van der Waals surface area contributed by atoms with Crippen LogP contribution < -0.4 is 5.32 Å². The fraction of sp³-hybridized carbons (Fsp3) is 0.250. The van der Waals surface area contributed by atoms with Gasteiger partial charge in [-0.1, -0.05) is 24.3 Å². The van der Waals surface area contributed by atoms with Crippen LogP contribution in [-0.4, -0.2) is 4.98 Å². The lowest BCUT2D eigenvalue weighted by Crippen LogP contribution is -2.06. The summed E-state index contributed by atoms with van der Waals surface area (Å²) >= 11 is 1.66. The maximum atomic E-state index is 4.26. The Morgan fingerprint density at radius 1 is 1.33 bits per heavy atom. The first kappa shape index (κ1) is 8.92. The lowest BCUT2D eigenvalue weighted by Gasteiger charge is -2.12. The Bertz CT molecular complexity index is 450. The molecule has 0 amide bonds. The lowest BCUT2D eigenvalue weighted by atomic mass is 10.1. The Kier molecular flexibility index (Phi) is 2.18. The van der Waals surface area contributed by atoms with Gasteiger partial charge in [-0.25, -0.2) is 4.98 Å². The zero-order valence-electron chi connectivity index (χ0n) is 8.31. The highest BCUT2D eigenvalue weighted by Crippen LogP contribution is 2.33. The highest BCUT2D eigenvalue weighted by molar-refractivity contribution is 7.13. The van der Waals surface area contributed by atoms with Crippen molar-refractivity contribution in [1.29, 1.82) is 0 Å². The van der Waals surface area contributed by atoms with Crippen LogP contribution in [0.4, 0.5) is 5.13 Å². The largest absolute Gasteiger partial charge is 0.355 e. The maximum Gasteiger partial charge on any atom is 0.183 e. The zero-order valence-corrected chi connectivity index (χ0v) is 9.13. The van der Waals surface area contributed by atoms with E-state index in [0.717, 1.165) is 5.13 Å². The molecule has 0 radical (unpaired) electrons. The third-order valence-corrected chi connectivity index (χ3v) is 3.57. The van der Waals surface area contributed by atoms with Gasteiger partial charge in [-0.3, -0.25) is 0 Å². The number of aryl methyl sites for hydroxylation is 1. The van der Waals surface area contributed by atoms with Gasteiger partial charge in [0, 0.05) is 11.6 Å². The van der Waals surface area contributed by atoms with E-state index >= 15 is 0 Å². The third kappa shape index (κ3) is 1.63. The average molecular weight is 216 g/mol. The monoisotopic (exact) mass is 216 g/mol. The molecular weight excluding hydrogens is 204 g/mol. The van der Waals surface area contributed by atoms with Crippen molar-refractivity contribution in [2.45, 2.75) is 18.9 Å². The van der Waals surface area contributed by atoms with E-state index in [1.807, 2.05) is 11.6 Å². The molecule has 1 N–H and O–H groups in total. The van der Waals surface area contributed by atoms with Gasteiger partial charge in [0.1, 0.15) is 0 Å². The van der Waals surface area contributed by atoms with Gasteiger partial charge in [-0.05, 0) is 24.0 Å². The summed E-state index contributed by atoms with van der Waals surface area (Å²) in [5.41, 5.74) is 2.92. The minimum Gasteiger partial charge on any atom is -0.355 e. The van der Waals surface area contributed by atoms with Crippen LogP contribution >= 0.6 is 11.3 Å². The van der Waals surface area contributed by atoms with Crippen LogP contribution in [0.3, 0.4) is 0 Å². The summed E-state index contributed by atoms with van der Waals surface area (Å²) in [5.74, 6) is 0. The second kappa shape index (κ2) is 3.66. The number of hydrogen-bond acceptors (Lipinski definition) is 3. The first-order valence-corrected chi connectivity index (χ1v) is 6.05. The summed E-state index contributed by atoms with van der Waals surface area (Å²) in [6.45, 7) is 0. The molecule has 1 aliphatic carbocycles. The quantitative estimate of drug-likeness (QED) is 0.833. The number of aromatic nitrogens is 1. The molecule has 0 fully saturated rings. The van der Waals surface area contributed by atoms with E-state index < -0.39 is 0 Å². The second-order valence-electron chi connectivity index (χ2n) is 3.77. The fourth-order valence-corrected chi connectivity index (χ4v) is 2.73. The number of nitrogens with one attached hydrogen (secondary N) is 1. The molecule has 2 aromatic rings. The highest BCUT2D eigenvalue weighted by atomic mass is 32.1. The van der Waals surface area contributed by atoms with Crippen molar-refractivity contribution in [2.24, 2.45) is 0 Å². The van der Waals surface area contributed by atoms with Gasteiger partial charge >= 0.3 is 0 Å². The minimum absolute atomic E-state index is 0.451. The van der Waals surface area contributed by atoms with Gasteiger partial charge in [-0.15, -0.1) is 11.3 Å². The van der Waals surface area contributed by atoms with Crippen LogP contribution in [0.25, 0.3) is 0 Å². The fourth-order valence-electron chi connectivity index (χ4n) is 2.15. The zero-order chi connectivity index (χ0) is 10.1. The molecule has 1 aromatic carbocycles. The normalized spacial score (nSPS) is 18.8. The third-order valence-electron chi connectivity index (χ3n) is 2.86. The van der Waals surface area contributed by atoms with Crippen molar-refractivity contribution in [2.75, 3.05) is 5.32 Å². The molecule has 1 atom stereocenters. The number of benzene rings is 1. The van der Waals surface area contributed by atoms with Gasteiger partial charge in [0.2, 0.25) is 0 Å². The molecule has 0 saturated heterocycles. The Balaban J connectivity index is 1.85. The van der Waals surface area contributed by atoms with Gasteiger partial charge in [0.05, 0.1) is 6.04 Å². The van der Waals surface area contributed by atoms with Crippen molar-refractivity contribution < 1.29 is 0 Å². The summed E-state index contributed by atoms with van der Waals surface area (Å²) in [4.78, 5) is 4.26. The summed E-state index contributed by atoms with van der Waals surface area (Å²) < 4.78 is 0. The van der Waals surface area contributed by atoms with Crippen LogP contribution in [0.1, 0.15) is 23.6 Å². The molecule has 15 heavy (non-hydrogen) atoms. The van der Waals surface area contributed by atoms with Gasteiger partial charge < -0.3 is 5.32 Å². The average Bonchev–Trinajstić information content (AvgIpc) is 2.89. The minimum atomic E-state index is 0.451. The Morgan fingerprint density at radius 2 is 2.27 bits per heavy atom. The van der Waals surface area contributed by atoms with Crippen LogP contribution in [0, 0.1) is 0 Å².